The number of carbonyl (C=O) groups excluding carboxylic acids is 2. The van der Waals surface area contributed by atoms with E-state index in [1.165, 1.54) is 17.3 Å². The maximum Gasteiger partial charge on any atom is 0.265 e. The van der Waals surface area contributed by atoms with Crippen molar-refractivity contribution >= 4 is 43.9 Å². The van der Waals surface area contributed by atoms with Crippen LogP contribution in [0.15, 0.2) is 35.2 Å². The normalized spacial score (nSPS) is 14.6. The van der Waals surface area contributed by atoms with Crippen molar-refractivity contribution in [3.8, 4) is 5.75 Å². The summed E-state index contributed by atoms with van der Waals surface area (Å²) in [6.45, 7) is 4.46. The average Bonchev–Trinajstić information content (AvgIpc) is 3.35. The first kappa shape index (κ1) is 21.3. The van der Waals surface area contributed by atoms with Crippen LogP contribution in [0.3, 0.4) is 0 Å². The lowest BCUT2D eigenvalue weighted by Gasteiger charge is -2.19. The molecule has 0 aliphatic carbocycles. The maximum absolute atomic E-state index is 13.0. The topological polar surface area (TPSA) is 105 Å². The number of hydrogen-bond acceptors (Lipinski definition) is 6. The minimum Gasteiger partial charge on any atom is -0.492 e. The highest BCUT2D eigenvalue weighted by Gasteiger charge is 2.30. The molecule has 2 amide bonds. The largest absolute Gasteiger partial charge is 0.492 e. The second kappa shape index (κ2) is 8.93. The molecule has 1 fully saturated rings. The summed E-state index contributed by atoms with van der Waals surface area (Å²) in [6.07, 6.45) is 1.66. The number of ether oxygens (including phenoxy) is 1. The summed E-state index contributed by atoms with van der Waals surface area (Å²) >= 11 is 1.13. The number of amides is 2. The Morgan fingerprint density at radius 2 is 1.86 bits per heavy atom. The molecular formula is C19H23N3O5S2. The molecule has 3 rings (SSSR count). The Labute approximate surface area is 173 Å². The van der Waals surface area contributed by atoms with E-state index in [1.54, 1.807) is 31.2 Å². The molecule has 0 radical (unpaired) electrons. The third-order valence-electron chi connectivity index (χ3n) is 4.31. The second-order valence-corrected chi connectivity index (χ2v) is 9.50. The Hall–Kier alpha value is -2.43. The van der Waals surface area contributed by atoms with Gasteiger partial charge in [0.25, 0.3) is 5.91 Å². The van der Waals surface area contributed by atoms with Crippen molar-refractivity contribution < 1.29 is 22.7 Å². The molecule has 156 valence electrons. The number of nitrogens with zero attached hydrogens (tertiary/aromatic N) is 1. The van der Waals surface area contributed by atoms with Gasteiger partial charge in [-0.3, -0.25) is 9.59 Å². The summed E-state index contributed by atoms with van der Waals surface area (Å²) in [4.78, 5) is 24.1. The van der Waals surface area contributed by atoms with Crippen molar-refractivity contribution in [1.29, 1.82) is 0 Å². The van der Waals surface area contributed by atoms with Crippen LogP contribution in [0, 0.1) is 0 Å². The lowest BCUT2D eigenvalue weighted by Crippen LogP contribution is -2.28. The molecule has 8 nitrogen and oxygen atoms in total. The molecule has 0 unspecified atom stereocenters. The van der Waals surface area contributed by atoms with E-state index in [9.17, 15) is 18.0 Å². The number of rotatable bonds is 7. The Bertz CT molecular complexity index is 1010. The third kappa shape index (κ3) is 4.95. The van der Waals surface area contributed by atoms with E-state index >= 15 is 0 Å². The summed E-state index contributed by atoms with van der Waals surface area (Å²) < 4.78 is 33.0. The van der Waals surface area contributed by atoms with Crippen LogP contribution in [-0.2, 0) is 14.8 Å². The van der Waals surface area contributed by atoms with E-state index in [2.05, 4.69) is 10.6 Å². The van der Waals surface area contributed by atoms with Gasteiger partial charge in [0.1, 0.15) is 10.6 Å². The molecule has 29 heavy (non-hydrogen) atoms. The minimum atomic E-state index is -3.71. The zero-order chi connectivity index (χ0) is 21.0. The van der Waals surface area contributed by atoms with E-state index in [1.807, 2.05) is 0 Å². The third-order valence-corrected chi connectivity index (χ3v) is 7.23. The van der Waals surface area contributed by atoms with Gasteiger partial charge in [-0.25, -0.2) is 8.42 Å². The number of carbonyl (C=O) groups is 2. The van der Waals surface area contributed by atoms with Crippen molar-refractivity contribution in [3.63, 3.8) is 0 Å². The van der Waals surface area contributed by atoms with Crippen molar-refractivity contribution in [2.24, 2.45) is 0 Å². The molecule has 1 aliphatic heterocycles. The Morgan fingerprint density at radius 1 is 1.14 bits per heavy atom. The van der Waals surface area contributed by atoms with Gasteiger partial charge in [0, 0.05) is 25.7 Å². The van der Waals surface area contributed by atoms with Crippen LogP contribution in [0.2, 0.25) is 0 Å². The molecule has 2 heterocycles. The standard InChI is InChI=1S/C19H23N3O5S2/c1-3-27-15-7-6-14(12-17(15)29(25,26)22-10-4-5-11-22)21-19(24)16-8-9-18(28-16)20-13(2)23/h6-9,12H,3-5,10-11H2,1-2H3,(H,20,23)(H,21,24). The number of anilines is 2. The number of nitrogens with one attached hydrogen (secondary N) is 2. The zero-order valence-electron chi connectivity index (χ0n) is 16.2. The SMILES string of the molecule is CCOc1ccc(NC(=O)c2ccc(NC(C)=O)s2)cc1S(=O)(=O)N1CCCC1. The van der Waals surface area contributed by atoms with E-state index < -0.39 is 10.0 Å². The highest BCUT2D eigenvalue weighted by atomic mass is 32.2. The lowest BCUT2D eigenvalue weighted by atomic mass is 10.3. The van der Waals surface area contributed by atoms with Gasteiger partial charge in [-0.05, 0) is 50.1 Å². The highest BCUT2D eigenvalue weighted by molar-refractivity contribution is 7.89. The lowest BCUT2D eigenvalue weighted by molar-refractivity contribution is -0.114. The number of thiophene rings is 1. The predicted octanol–water partition coefficient (Wildman–Crippen LogP) is 3.14. The molecule has 0 saturated carbocycles. The molecule has 1 aromatic carbocycles. The molecule has 10 heteroatoms. The van der Waals surface area contributed by atoms with E-state index in [0.717, 1.165) is 24.2 Å². The van der Waals surface area contributed by atoms with Gasteiger partial charge >= 0.3 is 0 Å². The molecule has 1 aliphatic rings. The first-order valence-corrected chi connectivity index (χ1v) is 11.5. The maximum atomic E-state index is 13.0. The van der Waals surface area contributed by atoms with Crippen molar-refractivity contribution in [3.05, 3.63) is 35.2 Å². The Kier molecular flexibility index (Phi) is 6.56. The molecule has 0 spiro atoms. The molecule has 1 saturated heterocycles. The molecule has 1 aromatic heterocycles. The Morgan fingerprint density at radius 3 is 2.52 bits per heavy atom. The van der Waals surface area contributed by atoms with Crippen LogP contribution in [0.5, 0.6) is 5.75 Å². The van der Waals surface area contributed by atoms with Crippen LogP contribution in [0.4, 0.5) is 10.7 Å². The summed E-state index contributed by atoms with van der Waals surface area (Å²) in [5, 5.41) is 5.90. The van der Waals surface area contributed by atoms with Gasteiger partial charge in [-0.2, -0.15) is 4.31 Å². The van der Waals surface area contributed by atoms with Gasteiger partial charge in [-0.1, -0.05) is 0 Å². The van der Waals surface area contributed by atoms with E-state index in [4.69, 9.17) is 4.74 Å². The minimum absolute atomic E-state index is 0.0455. The quantitative estimate of drug-likeness (QED) is 0.692. The fourth-order valence-corrected chi connectivity index (χ4v) is 5.54. The van der Waals surface area contributed by atoms with Crippen molar-refractivity contribution in [2.45, 2.75) is 31.6 Å². The van der Waals surface area contributed by atoms with Gasteiger partial charge < -0.3 is 15.4 Å². The van der Waals surface area contributed by atoms with Gasteiger partial charge in [0.2, 0.25) is 15.9 Å². The van der Waals surface area contributed by atoms with Crippen LogP contribution >= 0.6 is 11.3 Å². The predicted molar refractivity (Wildman–Crippen MR) is 112 cm³/mol. The molecular weight excluding hydrogens is 414 g/mol. The van der Waals surface area contributed by atoms with Gasteiger partial charge in [0.15, 0.2) is 0 Å². The van der Waals surface area contributed by atoms with Crippen LogP contribution < -0.4 is 15.4 Å². The molecule has 2 N–H and O–H groups in total. The van der Waals surface area contributed by atoms with Gasteiger partial charge in [0.05, 0.1) is 16.5 Å². The van der Waals surface area contributed by atoms with Crippen LogP contribution in [-0.4, -0.2) is 44.2 Å². The van der Waals surface area contributed by atoms with E-state index in [0.29, 0.717) is 35.3 Å². The van der Waals surface area contributed by atoms with Crippen LogP contribution in [0.1, 0.15) is 36.4 Å². The monoisotopic (exact) mass is 437 g/mol. The summed E-state index contributed by atoms with van der Waals surface area (Å²) in [7, 11) is -3.71. The van der Waals surface area contributed by atoms with E-state index in [-0.39, 0.29) is 22.5 Å². The highest BCUT2D eigenvalue weighted by Crippen LogP contribution is 2.32. The first-order valence-electron chi connectivity index (χ1n) is 9.27. The first-order chi connectivity index (χ1) is 13.8. The fourth-order valence-electron chi connectivity index (χ4n) is 3.02. The molecule has 0 atom stereocenters. The van der Waals surface area contributed by atoms with Gasteiger partial charge in [-0.15, -0.1) is 11.3 Å². The summed E-state index contributed by atoms with van der Waals surface area (Å²) in [5.74, 6) is -0.344. The average molecular weight is 438 g/mol. The smallest absolute Gasteiger partial charge is 0.265 e. The molecule has 2 aromatic rings. The van der Waals surface area contributed by atoms with Crippen LogP contribution in [0.25, 0.3) is 0 Å². The van der Waals surface area contributed by atoms with Crippen molar-refractivity contribution in [2.75, 3.05) is 30.3 Å². The van der Waals surface area contributed by atoms with Crippen molar-refractivity contribution in [1.82, 2.24) is 4.31 Å². The summed E-state index contributed by atoms with van der Waals surface area (Å²) in [5.41, 5.74) is 0.353. The molecule has 0 bridgehead atoms. The zero-order valence-corrected chi connectivity index (χ0v) is 17.9. The number of hydrogen-bond donors (Lipinski definition) is 2. The Balaban J connectivity index is 1.85. The summed E-state index contributed by atoms with van der Waals surface area (Å²) in [6, 6.07) is 7.83. The fraction of sp³-hybridized carbons (Fsp3) is 0.368. The second-order valence-electron chi connectivity index (χ2n) is 6.50. The number of sulfonamides is 1. The number of benzene rings is 1.